The minimum atomic E-state index is -0.733. The molecule has 0 radical (unpaired) electrons. The highest BCUT2D eigenvalue weighted by Gasteiger charge is 2.22. The van der Waals surface area contributed by atoms with Crippen LogP contribution in [0.4, 0.5) is 9.18 Å². The van der Waals surface area contributed by atoms with Crippen LogP contribution in [0.3, 0.4) is 0 Å². The molecule has 2 aromatic rings. The second-order valence-electron chi connectivity index (χ2n) is 6.17. The number of benzene rings is 1. The van der Waals surface area contributed by atoms with E-state index < -0.39 is 24.5 Å². The number of carbonyl (C=O) groups is 3. The van der Waals surface area contributed by atoms with Crippen molar-refractivity contribution >= 4 is 17.9 Å². The van der Waals surface area contributed by atoms with Gasteiger partial charge in [-0.25, -0.2) is 18.7 Å². The summed E-state index contributed by atoms with van der Waals surface area (Å²) < 4.78 is 19.6. The number of nitrogens with one attached hydrogen (secondary N) is 2. The Kier molecular flexibility index (Phi) is 7.25. The number of ether oxygens (including phenoxy) is 1. The van der Waals surface area contributed by atoms with Crippen molar-refractivity contribution in [1.29, 1.82) is 0 Å². The quantitative estimate of drug-likeness (QED) is 0.558. The number of aryl methyl sites for hydroxylation is 1. The second-order valence-corrected chi connectivity index (χ2v) is 6.17. The van der Waals surface area contributed by atoms with E-state index in [-0.39, 0.29) is 11.4 Å². The number of carbonyl (C=O) groups excluding carboxylic acids is 3. The van der Waals surface area contributed by atoms with Crippen molar-refractivity contribution in [3.63, 3.8) is 0 Å². The van der Waals surface area contributed by atoms with Crippen LogP contribution in [-0.4, -0.2) is 40.8 Å². The van der Waals surface area contributed by atoms with Crippen LogP contribution in [0.2, 0.25) is 0 Å². The number of hydrogen-bond acceptors (Lipinski definition) is 5. The van der Waals surface area contributed by atoms with E-state index in [4.69, 9.17) is 4.74 Å². The zero-order chi connectivity index (χ0) is 20.7. The van der Waals surface area contributed by atoms with E-state index in [1.165, 1.54) is 28.9 Å². The molecule has 0 bridgehead atoms. The van der Waals surface area contributed by atoms with E-state index in [2.05, 4.69) is 15.7 Å². The Labute approximate surface area is 162 Å². The van der Waals surface area contributed by atoms with E-state index in [1.807, 2.05) is 6.92 Å². The fourth-order valence-electron chi connectivity index (χ4n) is 2.56. The van der Waals surface area contributed by atoms with E-state index >= 15 is 0 Å². The lowest BCUT2D eigenvalue weighted by Gasteiger charge is -2.08. The highest BCUT2D eigenvalue weighted by molar-refractivity contribution is 5.97. The average molecular weight is 390 g/mol. The first-order valence-electron chi connectivity index (χ1n) is 8.90. The fourth-order valence-corrected chi connectivity index (χ4v) is 2.56. The zero-order valence-corrected chi connectivity index (χ0v) is 16.0. The summed E-state index contributed by atoms with van der Waals surface area (Å²) in [4.78, 5) is 35.6. The molecule has 0 aliphatic rings. The molecule has 0 aliphatic carbocycles. The summed E-state index contributed by atoms with van der Waals surface area (Å²) in [5, 5.41) is 8.89. The van der Waals surface area contributed by atoms with Crippen LogP contribution >= 0.6 is 0 Å². The van der Waals surface area contributed by atoms with Crippen LogP contribution in [0, 0.1) is 19.7 Å². The molecule has 9 heteroatoms. The molecule has 1 aromatic carbocycles. The maximum Gasteiger partial charge on any atom is 0.342 e. The summed E-state index contributed by atoms with van der Waals surface area (Å²) in [7, 11) is 0. The normalized spacial score (nSPS) is 10.4. The summed E-state index contributed by atoms with van der Waals surface area (Å²) in [6, 6.07) is 5.02. The van der Waals surface area contributed by atoms with E-state index in [1.54, 1.807) is 13.8 Å². The van der Waals surface area contributed by atoms with Crippen molar-refractivity contribution in [3.05, 3.63) is 47.0 Å². The molecule has 28 heavy (non-hydrogen) atoms. The Morgan fingerprint density at radius 1 is 1.18 bits per heavy atom. The Hall–Kier alpha value is -3.23. The largest absolute Gasteiger partial charge is 0.452 e. The van der Waals surface area contributed by atoms with Crippen molar-refractivity contribution < 1.29 is 23.5 Å². The van der Waals surface area contributed by atoms with Crippen molar-refractivity contribution in [2.75, 3.05) is 13.2 Å². The molecule has 0 spiro atoms. The van der Waals surface area contributed by atoms with Gasteiger partial charge in [0.25, 0.3) is 5.91 Å². The summed E-state index contributed by atoms with van der Waals surface area (Å²) >= 11 is 0. The Balaban J connectivity index is 1.98. The number of esters is 1. The van der Waals surface area contributed by atoms with Gasteiger partial charge in [-0.3, -0.25) is 10.1 Å². The van der Waals surface area contributed by atoms with Crippen LogP contribution in [0.5, 0.6) is 0 Å². The molecule has 2 N–H and O–H groups in total. The molecule has 1 heterocycles. The highest BCUT2D eigenvalue weighted by atomic mass is 19.1. The molecule has 1 aromatic heterocycles. The number of urea groups is 1. The third-order valence-corrected chi connectivity index (χ3v) is 3.97. The maximum atomic E-state index is 13.1. The number of imide groups is 1. The molecule has 8 nitrogen and oxygen atoms in total. The number of hydrogen-bond donors (Lipinski definition) is 2. The molecule has 0 unspecified atom stereocenters. The van der Waals surface area contributed by atoms with Crippen molar-refractivity contribution in [2.24, 2.45) is 0 Å². The van der Waals surface area contributed by atoms with E-state index in [0.717, 1.165) is 12.8 Å². The molecule has 2 rings (SSSR count). The van der Waals surface area contributed by atoms with Crippen molar-refractivity contribution in [3.8, 4) is 5.69 Å². The predicted octanol–water partition coefficient (Wildman–Crippen LogP) is 2.41. The third-order valence-electron chi connectivity index (χ3n) is 3.97. The SMILES string of the molecule is CCCCNC(=O)NC(=O)COC(=O)c1c(C)nn(-c2ccc(F)cc2)c1C. The third kappa shape index (κ3) is 5.38. The smallest absolute Gasteiger partial charge is 0.342 e. The molecule has 3 amide bonds. The first-order valence-corrected chi connectivity index (χ1v) is 8.90. The van der Waals surface area contributed by atoms with Crippen molar-refractivity contribution in [1.82, 2.24) is 20.4 Å². The number of amides is 3. The zero-order valence-electron chi connectivity index (χ0n) is 16.0. The summed E-state index contributed by atoms with van der Waals surface area (Å²) in [6.45, 7) is 5.13. The molecule has 0 fully saturated rings. The van der Waals surface area contributed by atoms with Gasteiger partial charge in [0, 0.05) is 6.54 Å². The maximum absolute atomic E-state index is 13.1. The van der Waals surface area contributed by atoms with Crippen molar-refractivity contribution in [2.45, 2.75) is 33.6 Å². The van der Waals surface area contributed by atoms with Gasteiger partial charge < -0.3 is 10.1 Å². The van der Waals surface area contributed by atoms with Gasteiger partial charge in [-0.2, -0.15) is 5.10 Å². The van der Waals surface area contributed by atoms with E-state index in [9.17, 15) is 18.8 Å². The van der Waals surface area contributed by atoms with Gasteiger partial charge >= 0.3 is 12.0 Å². The molecule has 150 valence electrons. The highest BCUT2D eigenvalue weighted by Crippen LogP contribution is 2.19. The molecular weight excluding hydrogens is 367 g/mol. The summed E-state index contributed by atoms with van der Waals surface area (Å²) in [6.07, 6.45) is 1.71. The lowest BCUT2D eigenvalue weighted by Crippen LogP contribution is -2.41. The monoisotopic (exact) mass is 390 g/mol. The Morgan fingerprint density at radius 2 is 1.86 bits per heavy atom. The summed E-state index contributed by atoms with van der Waals surface area (Å²) in [5.74, 6) is -1.84. The molecule has 0 aliphatic heterocycles. The van der Waals surface area contributed by atoms with Gasteiger partial charge in [0.1, 0.15) is 11.4 Å². The number of unbranched alkanes of at least 4 members (excludes halogenated alkanes) is 1. The topological polar surface area (TPSA) is 102 Å². The second kappa shape index (κ2) is 9.63. The van der Waals surface area contributed by atoms with Crippen LogP contribution in [-0.2, 0) is 9.53 Å². The lowest BCUT2D eigenvalue weighted by molar-refractivity contribution is -0.123. The van der Waals surface area contributed by atoms with Gasteiger partial charge in [-0.05, 0) is 44.5 Å². The first kappa shape index (κ1) is 21.1. The number of rotatable bonds is 7. The van der Waals surface area contributed by atoms with E-state index in [0.29, 0.717) is 23.6 Å². The Morgan fingerprint density at radius 3 is 2.50 bits per heavy atom. The van der Waals surface area contributed by atoms with Gasteiger partial charge in [0.2, 0.25) is 0 Å². The van der Waals surface area contributed by atoms with Crippen LogP contribution in [0.1, 0.15) is 41.5 Å². The van der Waals surface area contributed by atoms with Gasteiger partial charge in [0.15, 0.2) is 6.61 Å². The van der Waals surface area contributed by atoms with Crippen LogP contribution in [0.25, 0.3) is 5.69 Å². The fraction of sp³-hybridized carbons (Fsp3) is 0.368. The molecular formula is C19H23FN4O4. The Bertz CT molecular complexity index is 862. The minimum absolute atomic E-state index is 0.213. The van der Waals surface area contributed by atoms with Crippen LogP contribution < -0.4 is 10.6 Å². The number of aromatic nitrogens is 2. The summed E-state index contributed by atoms with van der Waals surface area (Å²) in [5.41, 5.74) is 1.70. The van der Waals surface area contributed by atoms with Gasteiger partial charge in [0.05, 0.1) is 17.1 Å². The van der Waals surface area contributed by atoms with Crippen LogP contribution in [0.15, 0.2) is 24.3 Å². The first-order chi connectivity index (χ1) is 13.3. The molecule has 0 saturated carbocycles. The van der Waals surface area contributed by atoms with Gasteiger partial charge in [-0.15, -0.1) is 0 Å². The molecule has 0 atom stereocenters. The number of halogens is 1. The standard InChI is InChI=1S/C19H23FN4O4/c1-4-5-10-21-19(27)22-16(25)11-28-18(26)17-12(2)23-24(13(17)3)15-8-6-14(20)7-9-15/h6-9H,4-5,10-11H2,1-3H3,(H2,21,22,25,27). The molecule has 0 saturated heterocycles. The average Bonchev–Trinajstić information content (AvgIpc) is 2.95. The van der Waals surface area contributed by atoms with Gasteiger partial charge in [-0.1, -0.05) is 13.3 Å². The number of nitrogens with zero attached hydrogens (tertiary/aromatic N) is 2. The lowest BCUT2D eigenvalue weighted by atomic mass is 10.2. The minimum Gasteiger partial charge on any atom is -0.452 e. The predicted molar refractivity (Wildman–Crippen MR) is 99.7 cm³/mol.